The van der Waals surface area contributed by atoms with E-state index in [0.29, 0.717) is 0 Å². The van der Waals surface area contributed by atoms with E-state index in [9.17, 15) is 0 Å². The summed E-state index contributed by atoms with van der Waals surface area (Å²) in [6, 6.07) is 1.69. The van der Waals surface area contributed by atoms with Crippen LogP contribution in [0.1, 0.15) is 30.0 Å². The molecule has 2 aromatic heterocycles. The molecule has 0 saturated carbocycles. The lowest BCUT2D eigenvalue weighted by Crippen LogP contribution is -2.17. The van der Waals surface area contributed by atoms with Gasteiger partial charge in [-0.3, -0.25) is 4.68 Å². The topological polar surface area (TPSA) is 57.0 Å². The third-order valence-electron chi connectivity index (χ3n) is 2.66. The summed E-state index contributed by atoms with van der Waals surface area (Å²) in [6.07, 6.45) is 3.43. The maximum Gasteiger partial charge on any atom is 0.105 e. The van der Waals surface area contributed by atoms with Gasteiger partial charge in [0.15, 0.2) is 0 Å². The van der Waals surface area contributed by atoms with Crippen molar-refractivity contribution in [3.05, 3.63) is 40.0 Å². The summed E-state index contributed by atoms with van der Waals surface area (Å²) >= 11 is 3.47. The molecule has 0 aliphatic heterocycles. The zero-order chi connectivity index (χ0) is 11.7. The number of furan rings is 1. The first-order valence-electron chi connectivity index (χ1n) is 5.16. The Hall–Kier alpha value is -1.07. The minimum Gasteiger partial charge on any atom is -0.469 e. The highest BCUT2D eigenvalue weighted by atomic mass is 79.9. The molecule has 0 saturated heterocycles. The Kier molecular flexibility index (Phi) is 3.16. The van der Waals surface area contributed by atoms with E-state index in [1.165, 1.54) is 0 Å². The van der Waals surface area contributed by atoms with Crippen molar-refractivity contribution < 1.29 is 4.42 Å². The molecule has 0 fully saturated rings. The van der Waals surface area contributed by atoms with E-state index in [1.54, 1.807) is 12.5 Å². The summed E-state index contributed by atoms with van der Waals surface area (Å²) in [7, 11) is 0. The van der Waals surface area contributed by atoms with Crippen LogP contribution in [0.25, 0.3) is 0 Å². The number of aryl methyl sites for hydroxylation is 2. The van der Waals surface area contributed by atoms with E-state index >= 15 is 0 Å². The molecule has 5 heteroatoms. The lowest BCUT2D eigenvalue weighted by molar-refractivity contribution is 0.524. The van der Waals surface area contributed by atoms with Gasteiger partial charge in [0.25, 0.3) is 0 Å². The molecule has 4 nitrogen and oxygen atoms in total. The van der Waals surface area contributed by atoms with Crippen LogP contribution in [-0.4, -0.2) is 9.78 Å². The Bertz CT molecular complexity index is 489. The van der Waals surface area contributed by atoms with Crippen LogP contribution in [0.3, 0.4) is 0 Å². The largest absolute Gasteiger partial charge is 0.469 e. The maximum atomic E-state index is 6.23. The lowest BCUT2D eigenvalue weighted by atomic mass is 10.1. The van der Waals surface area contributed by atoms with Crippen LogP contribution < -0.4 is 5.73 Å². The zero-order valence-electron chi connectivity index (χ0n) is 9.27. The highest BCUT2D eigenvalue weighted by molar-refractivity contribution is 9.10. The highest BCUT2D eigenvalue weighted by Crippen LogP contribution is 2.28. The van der Waals surface area contributed by atoms with Crippen LogP contribution in [0, 0.1) is 6.92 Å². The molecule has 2 rings (SSSR count). The molecule has 2 N–H and O–H groups in total. The second kappa shape index (κ2) is 4.43. The fourth-order valence-electron chi connectivity index (χ4n) is 1.80. The van der Waals surface area contributed by atoms with E-state index in [-0.39, 0.29) is 6.04 Å². The molecule has 86 valence electrons. The maximum absolute atomic E-state index is 6.23. The van der Waals surface area contributed by atoms with Gasteiger partial charge in [-0.2, -0.15) is 5.10 Å². The van der Waals surface area contributed by atoms with Crippen molar-refractivity contribution in [3.63, 3.8) is 0 Å². The summed E-state index contributed by atoms with van der Waals surface area (Å²) in [5, 5.41) is 4.25. The summed E-state index contributed by atoms with van der Waals surface area (Å²) in [6.45, 7) is 4.75. The van der Waals surface area contributed by atoms with E-state index in [2.05, 4.69) is 21.0 Å². The van der Waals surface area contributed by atoms with Crippen molar-refractivity contribution in [3.8, 4) is 0 Å². The SMILES string of the molecule is CCn1ncc(Br)c1C(N)c1ccoc1C. The van der Waals surface area contributed by atoms with Gasteiger partial charge >= 0.3 is 0 Å². The number of aromatic nitrogens is 2. The normalized spacial score (nSPS) is 13.0. The van der Waals surface area contributed by atoms with E-state index in [4.69, 9.17) is 10.2 Å². The van der Waals surface area contributed by atoms with Gasteiger partial charge in [0.1, 0.15) is 5.76 Å². The molecule has 0 radical (unpaired) electrons. The second-order valence-corrected chi connectivity index (χ2v) is 4.46. The van der Waals surface area contributed by atoms with Gasteiger partial charge in [-0.25, -0.2) is 0 Å². The standard InChI is InChI=1S/C11H14BrN3O/c1-3-15-11(9(12)6-14-15)10(13)8-4-5-16-7(8)2/h4-6,10H,3,13H2,1-2H3. The lowest BCUT2D eigenvalue weighted by Gasteiger charge is -2.13. The first kappa shape index (κ1) is 11.4. The molecule has 1 unspecified atom stereocenters. The molecule has 0 aliphatic carbocycles. The van der Waals surface area contributed by atoms with Crippen molar-refractivity contribution in [2.45, 2.75) is 26.4 Å². The Balaban J connectivity index is 2.44. The van der Waals surface area contributed by atoms with Crippen LogP contribution >= 0.6 is 15.9 Å². The van der Waals surface area contributed by atoms with Gasteiger partial charge in [0.05, 0.1) is 28.7 Å². The summed E-state index contributed by atoms with van der Waals surface area (Å²) in [5.41, 5.74) is 8.21. The Labute approximate surface area is 103 Å². The van der Waals surface area contributed by atoms with E-state index in [0.717, 1.165) is 28.0 Å². The molecule has 0 spiro atoms. The molecule has 16 heavy (non-hydrogen) atoms. The minimum absolute atomic E-state index is 0.212. The molecule has 2 heterocycles. The number of halogens is 1. The smallest absolute Gasteiger partial charge is 0.105 e. The molecule has 0 aliphatic rings. The summed E-state index contributed by atoms with van der Waals surface area (Å²) < 4.78 is 8.09. The van der Waals surface area contributed by atoms with Gasteiger partial charge < -0.3 is 10.2 Å². The van der Waals surface area contributed by atoms with E-state index < -0.39 is 0 Å². The van der Waals surface area contributed by atoms with Crippen molar-refractivity contribution >= 4 is 15.9 Å². The second-order valence-electron chi connectivity index (χ2n) is 3.60. The Morgan fingerprint density at radius 1 is 1.62 bits per heavy atom. The third-order valence-corrected chi connectivity index (χ3v) is 3.27. The molecular weight excluding hydrogens is 270 g/mol. The van der Waals surface area contributed by atoms with Crippen molar-refractivity contribution in [1.82, 2.24) is 9.78 Å². The fourth-order valence-corrected chi connectivity index (χ4v) is 2.34. The number of nitrogens with zero attached hydrogens (tertiary/aromatic N) is 2. The minimum atomic E-state index is -0.212. The van der Waals surface area contributed by atoms with Crippen molar-refractivity contribution in [2.24, 2.45) is 5.73 Å². The molecule has 2 aromatic rings. The Morgan fingerprint density at radius 2 is 2.38 bits per heavy atom. The van der Waals surface area contributed by atoms with Gasteiger partial charge in [0.2, 0.25) is 0 Å². The fraction of sp³-hybridized carbons (Fsp3) is 0.364. The highest BCUT2D eigenvalue weighted by Gasteiger charge is 2.20. The molecular formula is C11H14BrN3O. The van der Waals surface area contributed by atoms with E-state index in [1.807, 2.05) is 24.6 Å². The molecule has 0 amide bonds. The first-order valence-corrected chi connectivity index (χ1v) is 5.95. The number of hydrogen-bond donors (Lipinski definition) is 1. The van der Waals surface area contributed by atoms with Gasteiger partial charge in [0, 0.05) is 12.1 Å². The molecule has 0 bridgehead atoms. The van der Waals surface area contributed by atoms with Gasteiger partial charge in [-0.1, -0.05) is 0 Å². The van der Waals surface area contributed by atoms with Gasteiger partial charge in [-0.15, -0.1) is 0 Å². The van der Waals surface area contributed by atoms with Crippen molar-refractivity contribution in [1.29, 1.82) is 0 Å². The number of hydrogen-bond acceptors (Lipinski definition) is 3. The predicted octanol–water partition coefficient (Wildman–Crippen LogP) is 2.62. The van der Waals surface area contributed by atoms with Crippen LogP contribution in [0.5, 0.6) is 0 Å². The van der Waals surface area contributed by atoms with Crippen LogP contribution in [0.2, 0.25) is 0 Å². The quantitative estimate of drug-likeness (QED) is 0.942. The van der Waals surface area contributed by atoms with Crippen LogP contribution in [0.4, 0.5) is 0 Å². The molecule has 1 atom stereocenters. The predicted molar refractivity (Wildman–Crippen MR) is 65.1 cm³/mol. The van der Waals surface area contributed by atoms with Crippen LogP contribution in [-0.2, 0) is 6.54 Å². The summed E-state index contributed by atoms with van der Waals surface area (Å²) in [4.78, 5) is 0. The Morgan fingerprint density at radius 3 is 2.94 bits per heavy atom. The monoisotopic (exact) mass is 283 g/mol. The van der Waals surface area contributed by atoms with Crippen LogP contribution in [0.15, 0.2) is 27.4 Å². The molecule has 0 aromatic carbocycles. The van der Waals surface area contributed by atoms with Crippen molar-refractivity contribution in [2.75, 3.05) is 0 Å². The third kappa shape index (κ3) is 1.81. The summed E-state index contributed by atoms with van der Waals surface area (Å²) in [5.74, 6) is 0.850. The van der Waals surface area contributed by atoms with Gasteiger partial charge in [-0.05, 0) is 35.8 Å². The number of rotatable bonds is 3. The first-order chi connectivity index (χ1) is 7.65. The average molecular weight is 284 g/mol. The average Bonchev–Trinajstić information content (AvgIpc) is 2.83. The number of nitrogens with two attached hydrogens (primary N) is 1. The zero-order valence-corrected chi connectivity index (χ0v) is 10.9.